The third-order valence-electron chi connectivity index (χ3n) is 2.02. The van der Waals surface area contributed by atoms with E-state index in [0.717, 1.165) is 11.2 Å². The maximum atomic E-state index is 9.31. The molecule has 2 rings (SSSR count). The number of aromatic nitrogens is 3. The second-order valence-electron chi connectivity index (χ2n) is 3.43. The Bertz CT molecular complexity index is 468. The monoisotopic (exact) mass is 189 g/mol. The summed E-state index contributed by atoms with van der Waals surface area (Å²) in [6.45, 7) is 4.02. The topological polar surface area (TPSA) is 58.9 Å². The van der Waals surface area contributed by atoms with Crippen molar-refractivity contribution >= 4 is 11.0 Å². The van der Waals surface area contributed by atoms with E-state index in [1.165, 1.54) is 0 Å². The Hall–Kier alpha value is -1.71. The molecule has 2 aromatic heterocycles. The van der Waals surface area contributed by atoms with Crippen LogP contribution in [0.3, 0.4) is 0 Å². The molecule has 0 saturated carbocycles. The molecule has 4 nitrogen and oxygen atoms in total. The van der Waals surface area contributed by atoms with Gasteiger partial charge in [-0.2, -0.15) is 9.97 Å². The van der Waals surface area contributed by atoms with Crippen molar-refractivity contribution in [2.75, 3.05) is 0 Å². The van der Waals surface area contributed by atoms with Crippen LogP contribution < -0.4 is 0 Å². The molecule has 2 heterocycles. The predicted octanol–water partition coefficient (Wildman–Crippen LogP) is 1.85. The molecule has 0 aliphatic heterocycles. The second kappa shape index (κ2) is 3.21. The van der Waals surface area contributed by atoms with E-state index in [4.69, 9.17) is 0 Å². The smallest absolute Gasteiger partial charge is 0.314 e. The first-order chi connectivity index (χ1) is 6.68. The van der Waals surface area contributed by atoms with Crippen LogP contribution in [0.4, 0.5) is 0 Å². The zero-order valence-electron chi connectivity index (χ0n) is 8.10. The van der Waals surface area contributed by atoms with Crippen molar-refractivity contribution in [2.45, 2.75) is 19.8 Å². The Morgan fingerprint density at radius 3 is 2.79 bits per heavy atom. The zero-order chi connectivity index (χ0) is 10.1. The molecule has 14 heavy (non-hydrogen) atoms. The lowest BCUT2D eigenvalue weighted by molar-refractivity contribution is 0.429. The molecule has 0 fully saturated rings. The van der Waals surface area contributed by atoms with Crippen molar-refractivity contribution in [3.63, 3.8) is 0 Å². The van der Waals surface area contributed by atoms with E-state index in [9.17, 15) is 5.11 Å². The molecule has 0 aliphatic rings. The summed E-state index contributed by atoms with van der Waals surface area (Å²) in [6.07, 6.45) is 1.70. The number of hydrogen-bond acceptors (Lipinski definition) is 4. The number of nitrogens with zero attached hydrogens (tertiary/aromatic N) is 3. The number of pyridine rings is 1. The van der Waals surface area contributed by atoms with Gasteiger partial charge in [0.25, 0.3) is 0 Å². The summed E-state index contributed by atoms with van der Waals surface area (Å²) in [5.74, 6) is 0.223. The second-order valence-corrected chi connectivity index (χ2v) is 3.43. The van der Waals surface area contributed by atoms with Crippen molar-refractivity contribution in [1.29, 1.82) is 0 Å². The third kappa shape index (κ3) is 1.39. The number of hydrogen-bond donors (Lipinski definition) is 1. The SMILES string of the molecule is CC(C)c1nc(O)nc2cccnc12. The number of aromatic hydroxyl groups is 1. The summed E-state index contributed by atoms with van der Waals surface area (Å²) in [5, 5.41) is 9.31. The fraction of sp³-hybridized carbons (Fsp3) is 0.300. The Morgan fingerprint density at radius 2 is 2.07 bits per heavy atom. The van der Waals surface area contributed by atoms with Gasteiger partial charge in [-0.15, -0.1) is 0 Å². The van der Waals surface area contributed by atoms with Gasteiger partial charge in [0.15, 0.2) is 0 Å². The summed E-state index contributed by atoms with van der Waals surface area (Å²) in [7, 11) is 0. The minimum atomic E-state index is -0.186. The maximum Gasteiger partial charge on any atom is 0.314 e. The van der Waals surface area contributed by atoms with Crippen molar-refractivity contribution < 1.29 is 5.11 Å². The Morgan fingerprint density at radius 1 is 1.29 bits per heavy atom. The lowest BCUT2D eigenvalue weighted by Gasteiger charge is -2.07. The maximum absolute atomic E-state index is 9.31. The molecular formula is C10H11N3O. The first kappa shape index (κ1) is 8.87. The normalized spacial score (nSPS) is 11.1. The first-order valence-electron chi connectivity index (χ1n) is 4.50. The van der Waals surface area contributed by atoms with Crippen LogP contribution in [0, 0.1) is 0 Å². The van der Waals surface area contributed by atoms with Crippen molar-refractivity contribution in [1.82, 2.24) is 15.0 Å². The Labute approximate surface area is 81.7 Å². The highest BCUT2D eigenvalue weighted by atomic mass is 16.3. The number of rotatable bonds is 1. The van der Waals surface area contributed by atoms with Gasteiger partial charge in [-0.3, -0.25) is 4.98 Å². The molecule has 0 saturated heterocycles. The van der Waals surface area contributed by atoms with E-state index in [1.807, 2.05) is 19.9 Å². The van der Waals surface area contributed by atoms with Crippen LogP contribution in [0.15, 0.2) is 18.3 Å². The summed E-state index contributed by atoms with van der Waals surface area (Å²) in [6, 6.07) is 3.42. The van der Waals surface area contributed by atoms with Crippen LogP contribution in [-0.4, -0.2) is 20.1 Å². The molecule has 0 radical (unpaired) electrons. The molecule has 0 atom stereocenters. The largest absolute Gasteiger partial charge is 0.479 e. The van der Waals surface area contributed by atoms with E-state index in [2.05, 4.69) is 15.0 Å². The summed E-state index contributed by atoms with van der Waals surface area (Å²) in [5.41, 5.74) is 2.23. The van der Waals surface area contributed by atoms with E-state index in [1.54, 1.807) is 12.3 Å². The van der Waals surface area contributed by atoms with Crippen molar-refractivity contribution in [3.8, 4) is 6.01 Å². The van der Waals surface area contributed by atoms with Crippen molar-refractivity contribution in [3.05, 3.63) is 24.0 Å². The molecule has 0 spiro atoms. The minimum absolute atomic E-state index is 0.186. The van der Waals surface area contributed by atoms with Gasteiger partial charge in [0.2, 0.25) is 0 Å². The van der Waals surface area contributed by atoms with Crippen LogP contribution in [0.5, 0.6) is 6.01 Å². The van der Waals surface area contributed by atoms with Crippen LogP contribution in [0.25, 0.3) is 11.0 Å². The summed E-state index contributed by atoms with van der Waals surface area (Å²) >= 11 is 0. The van der Waals surface area contributed by atoms with Gasteiger partial charge in [-0.25, -0.2) is 0 Å². The third-order valence-corrected chi connectivity index (χ3v) is 2.02. The van der Waals surface area contributed by atoms with Gasteiger partial charge in [-0.05, 0) is 18.1 Å². The first-order valence-corrected chi connectivity index (χ1v) is 4.50. The zero-order valence-corrected chi connectivity index (χ0v) is 8.10. The van der Waals surface area contributed by atoms with E-state index < -0.39 is 0 Å². The van der Waals surface area contributed by atoms with E-state index >= 15 is 0 Å². The molecular weight excluding hydrogens is 178 g/mol. The highest BCUT2D eigenvalue weighted by Gasteiger charge is 2.10. The van der Waals surface area contributed by atoms with Crippen LogP contribution in [0.1, 0.15) is 25.5 Å². The van der Waals surface area contributed by atoms with E-state index in [-0.39, 0.29) is 11.9 Å². The highest BCUT2D eigenvalue weighted by molar-refractivity contribution is 5.76. The van der Waals surface area contributed by atoms with Crippen LogP contribution in [-0.2, 0) is 0 Å². The molecule has 0 aliphatic carbocycles. The summed E-state index contributed by atoms with van der Waals surface area (Å²) in [4.78, 5) is 12.1. The average Bonchev–Trinajstić information content (AvgIpc) is 2.16. The molecule has 1 N–H and O–H groups in total. The van der Waals surface area contributed by atoms with Gasteiger partial charge in [-0.1, -0.05) is 13.8 Å². The molecule has 0 amide bonds. The highest BCUT2D eigenvalue weighted by Crippen LogP contribution is 2.21. The number of fused-ring (bicyclic) bond motifs is 1. The quantitative estimate of drug-likeness (QED) is 0.743. The van der Waals surface area contributed by atoms with Crippen molar-refractivity contribution in [2.24, 2.45) is 0 Å². The fourth-order valence-corrected chi connectivity index (χ4v) is 1.38. The molecule has 0 aromatic carbocycles. The van der Waals surface area contributed by atoms with E-state index in [0.29, 0.717) is 5.52 Å². The molecule has 0 unspecified atom stereocenters. The minimum Gasteiger partial charge on any atom is -0.479 e. The van der Waals surface area contributed by atoms with Crippen LogP contribution in [0.2, 0.25) is 0 Å². The van der Waals surface area contributed by atoms with Gasteiger partial charge >= 0.3 is 6.01 Å². The average molecular weight is 189 g/mol. The fourth-order valence-electron chi connectivity index (χ4n) is 1.38. The standard InChI is InChI=1S/C10H11N3O/c1-6(2)8-9-7(4-3-5-11-9)12-10(14)13-8/h3-6H,1-2H3,(H,12,13,14). The van der Waals surface area contributed by atoms with Gasteiger partial charge < -0.3 is 5.11 Å². The predicted molar refractivity (Wildman–Crippen MR) is 53.1 cm³/mol. The molecule has 2 aromatic rings. The Kier molecular flexibility index (Phi) is 2.04. The lowest BCUT2D eigenvalue weighted by Crippen LogP contribution is -1.98. The molecule has 0 bridgehead atoms. The molecule has 72 valence electrons. The Balaban J connectivity index is 2.80. The van der Waals surface area contributed by atoms with Crippen LogP contribution >= 0.6 is 0 Å². The lowest BCUT2D eigenvalue weighted by atomic mass is 10.1. The van der Waals surface area contributed by atoms with Gasteiger partial charge in [0, 0.05) is 6.20 Å². The molecule has 4 heteroatoms. The van der Waals surface area contributed by atoms with Gasteiger partial charge in [0.05, 0.1) is 11.2 Å². The van der Waals surface area contributed by atoms with Gasteiger partial charge in [0.1, 0.15) is 5.52 Å². The summed E-state index contributed by atoms with van der Waals surface area (Å²) < 4.78 is 0.